The lowest BCUT2D eigenvalue weighted by Gasteiger charge is -2.28. The molecule has 1 atom stereocenters. The lowest BCUT2D eigenvalue weighted by atomic mass is 9.95. The summed E-state index contributed by atoms with van der Waals surface area (Å²) in [6.07, 6.45) is 1.39. The maximum atomic E-state index is 11.9. The Morgan fingerprint density at radius 2 is 2.25 bits per heavy atom. The number of aliphatic hydroxyl groups excluding tert-OH is 1. The number of carbonyl (C=O) groups is 1. The van der Waals surface area contributed by atoms with Crippen LogP contribution in [0.4, 0.5) is 0 Å². The predicted molar refractivity (Wildman–Crippen MR) is 66.9 cm³/mol. The lowest BCUT2D eigenvalue weighted by Crippen LogP contribution is -2.45. The summed E-state index contributed by atoms with van der Waals surface area (Å²) in [5.41, 5.74) is -0.316. The van der Waals surface area contributed by atoms with Crippen molar-refractivity contribution in [1.82, 2.24) is 5.32 Å². The number of hydrogen-bond donors (Lipinski definition) is 2. The monoisotopic (exact) mass is 241 g/mol. The van der Waals surface area contributed by atoms with E-state index >= 15 is 0 Å². The molecular weight excluding hydrogens is 222 g/mol. The Kier molecular flexibility index (Phi) is 4.50. The Morgan fingerprint density at radius 1 is 1.56 bits per heavy atom. The zero-order valence-corrected chi connectivity index (χ0v) is 10.9. The summed E-state index contributed by atoms with van der Waals surface area (Å²) in [5, 5.41) is 12.0. The standard InChI is InChI=1S/C12H19NO2S/c1-4-12(3,7-8-14)13-11(15)10-6-5-9(2)16-10/h5-6,14H,4,7-8H2,1-3H3,(H,13,15). The minimum Gasteiger partial charge on any atom is -0.396 e. The van der Waals surface area contributed by atoms with Gasteiger partial charge < -0.3 is 10.4 Å². The summed E-state index contributed by atoms with van der Waals surface area (Å²) >= 11 is 1.49. The van der Waals surface area contributed by atoms with Gasteiger partial charge in [-0.25, -0.2) is 0 Å². The number of hydrogen-bond acceptors (Lipinski definition) is 3. The Labute approximate surface area is 100 Å². The number of rotatable bonds is 5. The molecular formula is C12H19NO2S. The van der Waals surface area contributed by atoms with E-state index in [9.17, 15) is 4.79 Å². The van der Waals surface area contributed by atoms with Crippen molar-refractivity contribution in [3.63, 3.8) is 0 Å². The van der Waals surface area contributed by atoms with Gasteiger partial charge in [0.05, 0.1) is 4.88 Å². The highest BCUT2D eigenvalue weighted by molar-refractivity contribution is 7.13. The molecule has 1 amide bonds. The van der Waals surface area contributed by atoms with Gasteiger partial charge in [-0.05, 0) is 38.8 Å². The summed E-state index contributed by atoms with van der Waals surface area (Å²) in [5.74, 6) is -0.0455. The first-order valence-electron chi connectivity index (χ1n) is 5.50. The minimum absolute atomic E-state index is 0.0455. The van der Waals surface area contributed by atoms with E-state index in [1.54, 1.807) is 0 Å². The van der Waals surface area contributed by atoms with Gasteiger partial charge in [0, 0.05) is 17.0 Å². The molecule has 90 valence electrons. The van der Waals surface area contributed by atoms with Crippen LogP contribution in [0.15, 0.2) is 12.1 Å². The molecule has 0 aliphatic rings. The molecule has 0 aromatic carbocycles. The van der Waals surface area contributed by atoms with Gasteiger partial charge in [-0.1, -0.05) is 6.92 Å². The van der Waals surface area contributed by atoms with Crippen LogP contribution in [0.25, 0.3) is 0 Å². The number of aliphatic hydroxyl groups is 1. The third-order valence-electron chi connectivity index (χ3n) is 2.82. The molecule has 2 N–H and O–H groups in total. The first-order valence-corrected chi connectivity index (χ1v) is 6.32. The fourth-order valence-electron chi connectivity index (χ4n) is 1.47. The largest absolute Gasteiger partial charge is 0.396 e. The van der Waals surface area contributed by atoms with E-state index in [0.29, 0.717) is 6.42 Å². The molecule has 0 saturated heterocycles. The predicted octanol–water partition coefficient (Wildman–Crippen LogP) is 2.34. The van der Waals surface area contributed by atoms with Gasteiger partial charge >= 0.3 is 0 Å². The van der Waals surface area contributed by atoms with Crippen LogP contribution in [0.3, 0.4) is 0 Å². The van der Waals surface area contributed by atoms with Gasteiger partial charge in [0.1, 0.15) is 0 Å². The lowest BCUT2D eigenvalue weighted by molar-refractivity contribution is 0.0890. The van der Waals surface area contributed by atoms with Crippen molar-refractivity contribution in [2.24, 2.45) is 0 Å². The molecule has 1 heterocycles. The van der Waals surface area contributed by atoms with Crippen LogP contribution < -0.4 is 5.32 Å². The van der Waals surface area contributed by atoms with E-state index in [0.717, 1.165) is 16.2 Å². The smallest absolute Gasteiger partial charge is 0.261 e. The fourth-order valence-corrected chi connectivity index (χ4v) is 2.23. The molecule has 0 fully saturated rings. The fraction of sp³-hybridized carbons (Fsp3) is 0.583. The number of amides is 1. The number of carbonyl (C=O) groups excluding carboxylic acids is 1. The average Bonchev–Trinajstić information content (AvgIpc) is 2.65. The van der Waals surface area contributed by atoms with Gasteiger partial charge in [0.2, 0.25) is 0 Å². The Hall–Kier alpha value is -0.870. The van der Waals surface area contributed by atoms with Crippen LogP contribution in [0, 0.1) is 6.92 Å². The zero-order valence-electron chi connectivity index (χ0n) is 10.0. The van der Waals surface area contributed by atoms with Crippen LogP contribution in [0.2, 0.25) is 0 Å². The molecule has 0 aliphatic heterocycles. The molecule has 0 spiro atoms. The summed E-state index contributed by atoms with van der Waals surface area (Å²) in [6.45, 7) is 6.04. The molecule has 16 heavy (non-hydrogen) atoms. The van der Waals surface area contributed by atoms with Crippen molar-refractivity contribution in [1.29, 1.82) is 0 Å². The quantitative estimate of drug-likeness (QED) is 0.831. The molecule has 0 radical (unpaired) electrons. The van der Waals surface area contributed by atoms with Crippen molar-refractivity contribution >= 4 is 17.2 Å². The molecule has 1 unspecified atom stereocenters. The highest BCUT2D eigenvalue weighted by atomic mass is 32.1. The first kappa shape index (κ1) is 13.2. The molecule has 4 heteroatoms. The number of thiophene rings is 1. The second-order valence-electron chi connectivity index (χ2n) is 4.25. The van der Waals surface area contributed by atoms with Crippen molar-refractivity contribution in [2.75, 3.05) is 6.61 Å². The summed E-state index contributed by atoms with van der Waals surface area (Å²) in [6, 6.07) is 3.78. The van der Waals surface area contributed by atoms with E-state index in [1.165, 1.54) is 11.3 Å². The van der Waals surface area contributed by atoms with E-state index in [-0.39, 0.29) is 18.1 Å². The first-order chi connectivity index (χ1) is 7.50. The van der Waals surface area contributed by atoms with Crippen LogP contribution in [0.1, 0.15) is 41.2 Å². The molecule has 3 nitrogen and oxygen atoms in total. The Morgan fingerprint density at radius 3 is 2.69 bits per heavy atom. The van der Waals surface area contributed by atoms with Gasteiger partial charge in [-0.2, -0.15) is 0 Å². The van der Waals surface area contributed by atoms with E-state index in [2.05, 4.69) is 5.32 Å². The average molecular weight is 241 g/mol. The molecule has 0 bridgehead atoms. The summed E-state index contributed by atoms with van der Waals surface area (Å²) in [4.78, 5) is 13.8. The van der Waals surface area contributed by atoms with Crippen molar-refractivity contribution in [3.8, 4) is 0 Å². The normalized spacial score (nSPS) is 14.5. The molecule has 0 saturated carbocycles. The summed E-state index contributed by atoms with van der Waals surface area (Å²) in [7, 11) is 0. The van der Waals surface area contributed by atoms with Crippen LogP contribution in [-0.4, -0.2) is 23.2 Å². The van der Waals surface area contributed by atoms with E-state index in [4.69, 9.17) is 5.11 Å². The van der Waals surface area contributed by atoms with Crippen molar-refractivity contribution < 1.29 is 9.90 Å². The van der Waals surface area contributed by atoms with E-state index < -0.39 is 0 Å². The third kappa shape index (κ3) is 3.32. The number of aryl methyl sites for hydroxylation is 1. The highest BCUT2D eigenvalue weighted by Gasteiger charge is 2.24. The van der Waals surface area contributed by atoms with Gasteiger partial charge in [0.15, 0.2) is 0 Å². The molecule has 1 aromatic rings. The minimum atomic E-state index is -0.316. The van der Waals surface area contributed by atoms with Gasteiger partial charge in [-0.15, -0.1) is 11.3 Å². The van der Waals surface area contributed by atoms with Crippen LogP contribution in [0.5, 0.6) is 0 Å². The topological polar surface area (TPSA) is 49.3 Å². The molecule has 1 aromatic heterocycles. The third-order valence-corrected chi connectivity index (χ3v) is 3.82. The second kappa shape index (κ2) is 5.46. The SMILES string of the molecule is CCC(C)(CCO)NC(=O)c1ccc(C)s1. The molecule has 1 rings (SSSR count). The maximum absolute atomic E-state index is 11.9. The Balaban J connectivity index is 2.69. The zero-order chi connectivity index (χ0) is 12.2. The summed E-state index contributed by atoms with van der Waals surface area (Å²) < 4.78 is 0. The van der Waals surface area contributed by atoms with Crippen molar-refractivity contribution in [2.45, 2.75) is 39.2 Å². The highest BCUT2D eigenvalue weighted by Crippen LogP contribution is 2.19. The second-order valence-corrected chi connectivity index (χ2v) is 5.54. The van der Waals surface area contributed by atoms with Crippen LogP contribution >= 0.6 is 11.3 Å². The van der Waals surface area contributed by atoms with Gasteiger partial charge in [0.25, 0.3) is 5.91 Å². The maximum Gasteiger partial charge on any atom is 0.261 e. The Bertz CT molecular complexity index is 362. The van der Waals surface area contributed by atoms with Crippen molar-refractivity contribution in [3.05, 3.63) is 21.9 Å². The van der Waals surface area contributed by atoms with Crippen LogP contribution in [-0.2, 0) is 0 Å². The molecule has 0 aliphatic carbocycles. The van der Waals surface area contributed by atoms with E-state index in [1.807, 2.05) is 32.9 Å². The van der Waals surface area contributed by atoms with Gasteiger partial charge in [-0.3, -0.25) is 4.79 Å². The number of nitrogens with one attached hydrogen (secondary N) is 1.